The zero-order valence-electron chi connectivity index (χ0n) is 12.6. The first-order valence-electron chi connectivity index (χ1n) is 7.71. The predicted octanol–water partition coefficient (Wildman–Crippen LogP) is 2.26. The van der Waals surface area contributed by atoms with Gasteiger partial charge in [0.05, 0.1) is 18.2 Å². The predicted molar refractivity (Wildman–Crippen MR) is 84.7 cm³/mol. The van der Waals surface area contributed by atoms with Crippen molar-refractivity contribution in [3.8, 4) is 11.3 Å². The zero-order valence-corrected chi connectivity index (χ0v) is 12.6. The van der Waals surface area contributed by atoms with Gasteiger partial charge in [0.15, 0.2) is 0 Å². The van der Waals surface area contributed by atoms with Crippen LogP contribution >= 0.6 is 0 Å². The first kappa shape index (κ1) is 14.1. The van der Waals surface area contributed by atoms with Crippen molar-refractivity contribution in [2.45, 2.75) is 26.3 Å². The Morgan fingerprint density at radius 2 is 2.14 bits per heavy atom. The van der Waals surface area contributed by atoms with Crippen molar-refractivity contribution < 1.29 is 0 Å². The van der Waals surface area contributed by atoms with E-state index in [1.165, 1.54) is 25.9 Å². The third kappa shape index (κ3) is 3.08. The van der Waals surface area contributed by atoms with Crippen LogP contribution in [0.5, 0.6) is 0 Å². The second-order valence-corrected chi connectivity index (χ2v) is 5.75. The van der Waals surface area contributed by atoms with Gasteiger partial charge >= 0.3 is 0 Å². The van der Waals surface area contributed by atoms with Gasteiger partial charge in [-0.15, -0.1) is 0 Å². The molecule has 3 heterocycles. The van der Waals surface area contributed by atoms with Crippen LogP contribution in [-0.4, -0.2) is 39.1 Å². The van der Waals surface area contributed by atoms with Gasteiger partial charge in [-0.3, -0.25) is 0 Å². The summed E-state index contributed by atoms with van der Waals surface area (Å²) in [7, 11) is 0. The Morgan fingerprint density at radius 3 is 2.86 bits per heavy atom. The Kier molecular flexibility index (Phi) is 4.20. The van der Waals surface area contributed by atoms with Gasteiger partial charge in [0.1, 0.15) is 5.82 Å². The first-order valence-corrected chi connectivity index (χ1v) is 7.71. The molecule has 1 fully saturated rings. The lowest BCUT2D eigenvalue weighted by Gasteiger charge is -2.31. The third-order valence-electron chi connectivity index (χ3n) is 4.44. The zero-order chi connectivity index (χ0) is 14.7. The molecule has 0 bridgehead atoms. The number of nitrogens with zero attached hydrogens (tertiary/aromatic N) is 4. The quantitative estimate of drug-likeness (QED) is 0.936. The topological polar surface area (TPSA) is 60.0 Å². The largest absolute Gasteiger partial charge is 0.383 e. The number of likely N-dealkylation sites (tertiary alicyclic amines) is 1. The summed E-state index contributed by atoms with van der Waals surface area (Å²) in [6, 6.07) is 3.93. The monoisotopic (exact) mass is 285 g/mol. The highest BCUT2D eigenvalue weighted by Crippen LogP contribution is 2.26. The third-order valence-corrected chi connectivity index (χ3v) is 4.44. The van der Waals surface area contributed by atoms with Crippen LogP contribution in [0.4, 0.5) is 5.82 Å². The van der Waals surface area contributed by atoms with Gasteiger partial charge in [0.25, 0.3) is 0 Å². The summed E-state index contributed by atoms with van der Waals surface area (Å²) in [5.41, 5.74) is 8.03. The molecule has 0 spiro atoms. The van der Waals surface area contributed by atoms with Crippen molar-refractivity contribution >= 4 is 5.82 Å². The second kappa shape index (κ2) is 6.26. The van der Waals surface area contributed by atoms with Crippen molar-refractivity contribution in [2.24, 2.45) is 5.92 Å². The normalized spacial score (nSPS) is 17.2. The molecule has 3 rings (SSSR count). The van der Waals surface area contributed by atoms with Crippen LogP contribution in [0, 0.1) is 5.92 Å². The first-order chi connectivity index (χ1) is 10.3. The van der Waals surface area contributed by atoms with E-state index in [0.717, 1.165) is 30.3 Å². The maximum absolute atomic E-state index is 5.99. The molecule has 0 saturated carbocycles. The number of nitrogen functional groups attached to an aromatic ring is 1. The number of piperidine rings is 1. The fraction of sp³-hybridized carbons (Fsp3) is 0.500. The second-order valence-electron chi connectivity index (χ2n) is 5.75. The minimum absolute atomic E-state index is 0.569. The van der Waals surface area contributed by atoms with Crippen molar-refractivity contribution in [2.75, 3.05) is 25.4 Å². The molecule has 1 aliphatic heterocycles. The van der Waals surface area contributed by atoms with E-state index in [4.69, 9.17) is 5.73 Å². The van der Waals surface area contributed by atoms with E-state index in [1.54, 1.807) is 6.20 Å². The number of rotatable bonds is 4. The molecule has 2 N–H and O–H groups in total. The van der Waals surface area contributed by atoms with E-state index in [9.17, 15) is 0 Å². The Hall–Kier alpha value is -1.88. The summed E-state index contributed by atoms with van der Waals surface area (Å²) in [5, 5.41) is 0. The highest BCUT2D eigenvalue weighted by atomic mass is 15.1. The van der Waals surface area contributed by atoms with Gasteiger partial charge in [-0.25, -0.2) is 9.97 Å². The lowest BCUT2D eigenvalue weighted by molar-refractivity contribution is 0.181. The van der Waals surface area contributed by atoms with Crippen molar-refractivity contribution in [1.29, 1.82) is 0 Å². The average Bonchev–Trinajstić information content (AvgIpc) is 2.96. The lowest BCUT2D eigenvalue weighted by atomic mass is 9.96. The van der Waals surface area contributed by atoms with Crippen molar-refractivity contribution in [1.82, 2.24) is 19.4 Å². The van der Waals surface area contributed by atoms with E-state index in [-0.39, 0.29) is 0 Å². The summed E-state index contributed by atoms with van der Waals surface area (Å²) < 4.78 is 2.22. The molecule has 1 saturated heterocycles. The van der Waals surface area contributed by atoms with E-state index < -0.39 is 0 Å². The highest BCUT2D eigenvalue weighted by molar-refractivity contribution is 5.70. The minimum atomic E-state index is 0.569. The van der Waals surface area contributed by atoms with E-state index in [2.05, 4.69) is 26.4 Å². The summed E-state index contributed by atoms with van der Waals surface area (Å²) in [6.07, 6.45) is 8.03. The van der Waals surface area contributed by atoms with Gasteiger partial charge in [-0.1, -0.05) is 6.92 Å². The molecule has 0 amide bonds. The van der Waals surface area contributed by atoms with Crippen molar-refractivity contribution in [3.63, 3.8) is 0 Å². The van der Waals surface area contributed by atoms with Crippen LogP contribution in [0.1, 0.15) is 19.8 Å². The van der Waals surface area contributed by atoms with E-state index >= 15 is 0 Å². The minimum Gasteiger partial charge on any atom is -0.383 e. The highest BCUT2D eigenvalue weighted by Gasteiger charge is 2.19. The van der Waals surface area contributed by atoms with Gasteiger partial charge in [0.2, 0.25) is 0 Å². The van der Waals surface area contributed by atoms with E-state index in [0.29, 0.717) is 5.82 Å². The molecule has 1 aliphatic rings. The summed E-state index contributed by atoms with van der Waals surface area (Å²) in [5.74, 6) is 1.29. The van der Waals surface area contributed by atoms with Crippen LogP contribution in [-0.2, 0) is 6.54 Å². The molecule has 0 atom stereocenters. The summed E-state index contributed by atoms with van der Waals surface area (Å²) in [6.45, 7) is 6.83. The standard InChI is InChI=1S/C16H23N5/c1-2-20-8-5-13(6-9-20)11-21-12-18-10-15(21)14-4-3-7-19-16(14)17/h3-4,7,10,12-13H,2,5-6,8-9,11H2,1H3,(H2,17,19). The Morgan fingerprint density at radius 1 is 1.33 bits per heavy atom. The molecule has 5 heteroatoms. The summed E-state index contributed by atoms with van der Waals surface area (Å²) >= 11 is 0. The molecule has 21 heavy (non-hydrogen) atoms. The van der Waals surface area contributed by atoms with Gasteiger partial charge < -0.3 is 15.2 Å². The van der Waals surface area contributed by atoms with Crippen LogP contribution in [0.25, 0.3) is 11.3 Å². The molecular weight excluding hydrogens is 262 g/mol. The Labute approximate surface area is 125 Å². The van der Waals surface area contributed by atoms with Crippen LogP contribution in [0.2, 0.25) is 0 Å². The molecule has 0 radical (unpaired) electrons. The van der Waals surface area contributed by atoms with Crippen LogP contribution in [0.15, 0.2) is 30.9 Å². The number of anilines is 1. The van der Waals surface area contributed by atoms with Gasteiger partial charge in [-0.2, -0.15) is 0 Å². The molecule has 0 unspecified atom stereocenters. The average molecular weight is 285 g/mol. The number of hydrogen-bond acceptors (Lipinski definition) is 4. The number of aromatic nitrogens is 3. The van der Waals surface area contributed by atoms with Crippen LogP contribution in [0.3, 0.4) is 0 Å². The molecule has 0 aromatic carbocycles. The lowest BCUT2D eigenvalue weighted by Crippen LogP contribution is -2.34. The SMILES string of the molecule is CCN1CCC(Cn2cncc2-c2cccnc2N)CC1. The maximum Gasteiger partial charge on any atom is 0.132 e. The molecule has 2 aromatic heterocycles. The fourth-order valence-corrected chi connectivity index (χ4v) is 3.09. The number of pyridine rings is 1. The fourth-order valence-electron chi connectivity index (χ4n) is 3.09. The number of nitrogens with two attached hydrogens (primary N) is 1. The summed E-state index contributed by atoms with van der Waals surface area (Å²) in [4.78, 5) is 11.0. The molecule has 0 aliphatic carbocycles. The van der Waals surface area contributed by atoms with Crippen LogP contribution < -0.4 is 5.73 Å². The molecule has 5 nitrogen and oxygen atoms in total. The molecule has 2 aromatic rings. The molecular formula is C16H23N5. The Balaban J connectivity index is 1.73. The van der Waals surface area contributed by atoms with E-state index in [1.807, 2.05) is 24.7 Å². The van der Waals surface area contributed by atoms with Gasteiger partial charge in [0, 0.05) is 18.3 Å². The smallest absolute Gasteiger partial charge is 0.132 e. The Bertz CT molecular complexity index is 584. The molecule has 112 valence electrons. The number of hydrogen-bond donors (Lipinski definition) is 1. The maximum atomic E-state index is 5.99. The van der Waals surface area contributed by atoms with Crippen molar-refractivity contribution in [3.05, 3.63) is 30.9 Å². The number of imidazole rings is 1. The van der Waals surface area contributed by atoms with Gasteiger partial charge in [-0.05, 0) is 50.5 Å².